The van der Waals surface area contributed by atoms with Crippen molar-refractivity contribution in [1.29, 1.82) is 0 Å². The van der Waals surface area contributed by atoms with Crippen molar-refractivity contribution in [1.82, 2.24) is 4.90 Å². The average Bonchev–Trinajstić information content (AvgIpc) is 2.92. The van der Waals surface area contributed by atoms with Crippen LogP contribution in [0.3, 0.4) is 0 Å². The quantitative estimate of drug-likeness (QED) is 0.595. The zero-order valence-electron chi connectivity index (χ0n) is 15.0. The summed E-state index contributed by atoms with van der Waals surface area (Å²) >= 11 is 6.05. The maximum Gasteiger partial charge on any atom is 0.310 e. The number of likely N-dealkylation sites (tertiary alicyclic amines) is 1. The summed E-state index contributed by atoms with van der Waals surface area (Å²) < 4.78 is 5.12. The molecule has 0 radical (unpaired) electrons. The van der Waals surface area contributed by atoms with Crippen LogP contribution in [0.25, 0.3) is 0 Å². The number of rotatable bonds is 4. The molecule has 1 aromatic carbocycles. The SMILES string of the molecule is CCOC(=O)[C@@H]1CCCN([C@H]2CC(=O)N(c3cc(Cl)ccc3C)C2=O)C1. The molecular formula is C19H23ClN2O4. The van der Waals surface area contributed by atoms with Crippen LogP contribution in [0.2, 0.25) is 5.02 Å². The standard InChI is InChI=1S/C19H23ClN2O4/c1-3-26-19(25)13-5-4-8-21(11-13)16-10-17(23)22(18(16)24)15-9-14(20)7-6-12(15)2/h6-7,9,13,16H,3-5,8,10-11H2,1-2H3/t13-,16+/m1/s1. The predicted molar refractivity (Wildman–Crippen MR) is 98.0 cm³/mol. The number of hydrogen-bond donors (Lipinski definition) is 0. The van der Waals surface area contributed by atoms with Gasteiger partial charge in [-0.05, 0) is 50.9 Å². The number of piperidine rings is 1. The number of nitrogens with zero attached hydrogens (tertiary/aromatic N) is 2. The molecule has 0 saturated carbocycles. The van der Waals surface area contributed by atoms with Gasteiger partial charge in [-0.2, -0.15) is 0 Å². The molecule has 140 valence electrons. The highest BCUT2D eigenvalue weighted by Gasteiger charge is 2.44. The van der Waals surface area contributed by atoms with E-state index in [1.807, 2.05) is 11.8 Å². The maximum absolute atomic E-state index is 13.0. The minimum absolute atomic E-state index is 0.125. The predicted octanol–water partition coefficient (Wildman–Crippen LogP) is 2.56. The Morgan fingerprint density at radius 2 is 2.12 bits per heavy atom. The number of anilines is 1. The van der Waals surface area contributed by atoms with Crippen molar-refractivity contribution in [3.8, 4) is 0 Å². The van der Waals surface area contributed by atoms with Gasteiger partial charge in [-0.3, -0.25) is 19.3 Å². The molecule has 0 bridgehead atoms. The molecule has 0 spiro atoms. The van der Waals surface area contributed by atoms with Crippen LogP contribution >= 0.6 is 11.6 Å². The molecule has 3 rings (SSSR count). The lowest BCUT2D eigenvalue weighted by molar-refractivity contribution is -0.150. The second-order valence-electron chi connectivity index (χ2n) is 6.80. The molecular weight excluding hydrogens is 356 g/mol. The first kappa shape index (κ1) is 18.9. The normalized spacial score (nSPS) is 24.2. The van der Waals surface area contributed by atoms with Gasteiger partial charge in [-0.15, -0.1) is 0 Å². The van der Waals surface area contributed by atoms with Gasteiger partial charge in [0.2, 0.25) is 5.91 Å². The number of aryl methyl sites for hydroxylation is 1. The topological polar surface area (TPSA) is 66.9 Å². The van der Waals surface area contributed by atoms with Crippen LogP contribution in [-0.2, 0) is 19.1 Å². The highest BCUT2D eigenvalue weighted by molar-refractivity contribution is 6.31. The molecule has 0 aliphatic carbocycles. The number of amides is 2. The van der Waals surface area contributed by atoms with Crippen LogP contribution in [0, 0.1) is 12.8 Å². The summed E-state index contributed by atoms with van der Waals surface area (Å²) in [5, 5.41) is 0.481. The molecule has 2 amide bonds. The summed E-state index contributed by atoms with van der Waals surface area (Å²) in [4.78, 5) is 40.8. The lowest BCUT2D eigenvalue weighted by Crippen LogP contribution is -2.48. The Morgan fingerprint density at radius 1 is 1.35 bits per heavy atom. The fourth-order valence-electron chi connectivity index (χ4n) is 3.72. The van der Waals surface area contributed by atoms with Crippen LogP contribution in [0.4, 0.5) is 5.69 Å². The van der Waals surface area contributed by atoms with Gasteiger partial charge in [0.15, 0.2) is 0 Å². The number of hydrogen-bond acceptors (Lipinski definition) is 5. The monoisotopic (exact) mass is 378 g/mol. The third kappa shape index (κ3) is 3.62. The number of carbonyl (C=O) groups is 3. The molecule has 1 aromatic rings. The number of benzene rings is 1. The summed E-state index contributed by atoms with van der Waals surface area (Å²) in [6.07, 6.45) is 1.68. The average molecular weight is 379 g/mol. The van der Waals surface area contributed by atoms with E-state index in [0.29, 0.717) is 30.4 Å². The first-order valence-electron chi connectivity index (χ1n) is 8.96. The summed E-state index contributed by atoms with van der Waals surface area (Å²) in [6.45, 7) is 5.12. The van der Waals surface area contributed by atoms with Gasteiger partial charge >= 0.3 is 5.97 Å². The molecule has 0 aromatic heterocycles. The van der Waals surface area contributed by atoms with E-state index < -0.39 is 6.04 Å². The van der Waals surface area contributed by atoms with Crippen molar-refractivity contribution in [2.24, 2.45) is 5.92 Å². The van der Waals surface area contributed by atoms with Gasteiger partial charge in [-0.1, -0.05) is 17.7 Å². The Balaban J connectivity index is 1.78. The summed E-state index contributed by atoms with van der Waals surface area (Å²) in [6, 6.07) is 4.64. The van der Waals surface area contributed by atoms with Crippen LogP contribution in [0.15, 0.2) is 18.2 Å². The zero-order valence-corrected chi connectivity index (χ0v) is 15.8. The molecule has 2 aliphatic rings. The summed E-state index contributed by atoms with van der Waals surface area (Å²) in [5.41, 5.74) is 1.36. The minimum Gasteiger partial charge on any atom is -0.466 e. The number of imide groups is 1. The number of halogens is 1. The summed E-state index contributed by atoms with van der Waals surface area (Å²) in [5.74, 6) is -0.946. The van der Waals surface area contributed by atoms with Gasteiger partial charge in [0, 0.05) is 11.6 Å². The van der Waals surface area contributed by atoms with Gasteiger partial charge < -0.3 is 4.74 Å². The first-order chi connectivity index (χ1) is 12.4. The Morgan fingerprint density at radius 3 is 2.85 bits per heavy atom. The van der Waals surface area contributed by atoms with Gasteiger partial charge in [-0.25, -0.2) is 4.90 Å². The van der Waals surface area contributed by atoms with Crippen molar-refractivity contribution in [3.05, 3.63) is 28.8 Å². The fraction of sp³-hybridized carbons (Fsp3) is 0.526. The van der Waals surface area contributed by atoms with E-state index in [4.69, 9.17) is 16.3 Å². The molecule has 2 atom stereocenters. The van der Waals surface area contributed by atoms with Crippen molar-refractivity contribution in [2.45, 2.75) is 39.2 Å². The van der Waals surface area contributed by atoms with E-state index in [9.17, 15) is 14.4 Å². The Hall–Kier alpha value is -1.92. The fourth-order valence-corrected chi connectivity index (χ4v) is 3.89. The van der Waals surface area contributed by atoms with Crippen LogP contribution in [0.5, 0.6) is 0 Å². The van der Waals surface area contributed by atoms with Crippen molar-refractivity contribution >= 4 is 35.1 Å². The number of ether oxygens (including phenoxy) is 1. The summed E-state index contributed by atoms with van der Waals surface area (Å²) in [7, 11) is 0. The minimum atomic E-state index is -0.530. The van der Waals surface area contributed by atoms with Crippen molar-refractivity contribution in [3.63, 3.8) is 0 Å². The van der Waals surface area contributed by atoms with Crippen LogP contribution in [0.1, 0.15) is 31.7 Å². The van der Waals surface area contributed by atoms with Crippen LogP contribution < -0.4 is 4.90 Å². The molecule has 0 unspecified atom stereocenters. The Bertz CT molecular complexity index is 736. The molecule has 6 nitrogen and oxygen atoms in total. The van der Waals surface area contributed by atoms with Gasteiger partial charge in [0.05, 0.1) is 30.7 Å². The largest absolute Gasteiger partial charge is 0.466 e. The molecule has 0 N–H and O–H groups in total. The van der Waals surface area contributed by atoms with Crippen molar-refractivity contribution < 1.29 is 19.1 Å². The van der Waals surface area contributed by atoms with Gasteiger partial charge in [0.25, 0.3) is 5.91 Å². The van der Waals surface area contributed by atoms with Gasteiger partial charge in [0.1, 0.15) is 0 Å². The van der Waals surface area contributed by atoms with E-state index >= 15 is 0 Å². The lowest BCUT2D eigenvalue weighted by atomic mass is 9.96. The number of esters is 1. The zero-order chi connectivity index (χ0) is 18.8. The molecule has 2 fully saturated rings. The molecule has 2 aliphatic heterocycles. The van der Waals surface area contributed by atoms with Crippen LogP contribution in [-0.4, -0.2) is 48.4 Å². The van der Waals surface area contributed by atoms with Crippen molar-refractivity contribution in [2.75, 3.05) is 24.6 Å². The lowest BCUT2D eigenvalue weighted by Gasteiger charge is -2.34. The maximum atomic E-state index is 13.0. The van der Waals surface area contributed by atoms with E-state index in [2.05, 4.69) is 0 Å². The highest BCUT2D eigenvalue weighted by atomic mass is 35.5. The van der Waals surface area contributed by atoms with E-state index in [1.54, 1.807) is 25.1 Å². The Kier molecular flexibility index (Phi) is 5.63. The molecule has 2 heterocycles. The Labute approximate surface area is 158 Å². The second kappa shape index (κ2) is 7.76. The van der Waals surface area contributed by atoms with E-state index in [0.717, 1.165) is 18.4 Å². The smallest absolute Gasteiger partial charge is 0.310 e. The second-order valence-corrected chi connectivity index (χ2v) is 7.24. The third-order valence-corrected chi connectivity index (χ3v) is 5.28. The van der Waals surface area contributed by atoms with E-state index in [-0.39, 0.29) is 30.1 Å². The number of carbonyl (C=O) groups excluding carboxylic acids is 3. The van der Waals surface area contributed by atoms with E-state index in [1.165, 1.54) is 4.90 Å². The molecule has 26 heavy (non-hydrogen) atoms. The first-order valence-corrected chi connectivity index (χ1v) is 9.33. The highest BCUT2D eigenvalue weighted by Crippen LogP contribution is 2.32. The molecule has 7 heteroatoms. The third-order valence-electron chi connectivity index (χ3n) is 5.05. The molecule has 2 saturated heterocycles.